The maximum atomic E-state index is 10.5. The highest BCUT2D eigenvalue weighted by Crippen LogP contribution is 2.52. The van der Waals surface area contributed by atoms with Crippen LogP contribution in [0.1, 0.15) is 84.8 Å². The molecule has 0 amide bonds. The zero-order valence-electron chi connectivity index (χ0n) is 16.2. The second-order valence-electron chi connectivity index (χ2n) is 7.67. The second kappa shape index (κ2) is 9.78. The van der Waals surface area contributed by atoms with E-state index in [0.29, 0.717) is 0 Å². The summed E-state index contributed by atoms with van der Waals surface area (Å²) in [5, 5.41) is 10.6. The molecule has 1 aromatic heterocycles. The quantitative estimate of drug-likeness (QED) is 0.345. The van der Waals surface area contributed by atoms with Crippen LogP contribution in [0.4, 0.5) is 0 Å². The summed E-state index contributed by atoms with van der Waals surface area (Å²) in [6, 6.07) is 13.1. The number of aryl methyl sites for hydroxylation is 1. The number of benzene rings is 1. The minimum absolute atomic E-state index is 0.0343. The van der Waals surface area contributed by atoms with Crippen molar-refractivity contribution in [3.05, 3.63) is 57.3 Å². The predicted octanol–water partition coefficient (Wildman–Crippen LogP) is 7.41. The van der Waals surface area contributed by atoms with Crippen LogP contribution in [0, 0.1) is 0 Å². The number of thiophene rings is 1. The van der Waals surface area contributed by atoms with E-state index in [2.05, 4.69) is 50.2 Å². The van der Waals surface area contributed by atoms with E-state index in [0.717, 1.165) is 30.6 Å². The molecule has 0 spiro atoms. The van der Waals surface area contributed by atoms with Crippen molar-refractivity contribution in [2.75, 3.05) is 0 Å². The highest BCUT2D eigenvalue weighted by atomic mass is 35.5. The Kier molecular flexibility index (Phi) is 7.67. The van der Waals surface area contributed by atoms with Crippen molar-refractivity contribution < 1.29 is 5.11 Å². The number of aliphatic hydroxyl groups is 1. The molecule has 1 aliphatic carbocycles. The van der Waals surface area contributed by atoms with Gasteiger partial charge in [-0.3, -0.25) is 0 Å². The van der Waals surface area contributed by atoms with Gasteiger partial charge in [0.25, 0.3) is 0 Å². The van der Waals surface area contributed by atoms with Crippen LogP contribution < -0.4 is 0 Å². The maximum Gasteiger partial charge on any atom is 0.0882 e. The van der Waals surface area contributed by atoms with Crippen molar-refractivity contribution >= 4 is 34.5 Å². The zero-order valence-corrected chi connectivity index (χ0v) is 18.5. The van der Waals surface area contributed by atoms with E-state index in [9.17, 15) is 5.11 Å². The largest absolute Gasteiger partial charge is 0.388 e. The molecule has 27 heavy (non-hydrogen) atoms. The van der Waals surface area contributed by atoms with E-state index in [1.807, 2.05) is 0 Å². The molecule has 0 aliphatic heterocycles. The van der Waals surface area contributed by atoms with Gasteiger partial charge in [0.2, 0.25) is 0 Å². The lowest BCUT2D eigenvalue weighted by Crippen LogP contribution is -2.13. The summed E-state index contributed by atoms with van der Waals surface area (Å²) in [4.78, 5) is 2.32. The topological polar surface area (TPSA) is 20.2 Å². The van der Waals surface area contributed by atoms with Gasteiger partial charge in [-0.15, -0.1) is 34.5 Å². The maximum absolute atomic E-state index is 10.5. The monoisotopic (exact) mass is 424 g/mol. The summed E-state index contributed by atoms with van der Waals surface area (Å²) in [5.74, 6) is 0.437. The molecule has 1 fully saturated rings. The molecule has 1 nitrogen and oxygen atoms in total. The fourth-order valence-corrected chi connectivity index (χ4v) is 6.55. The molecule has 0 radical (unpaired) electrons. The Morgan fingerprint density at radius 1 is 1.00 bits per heavy atom. The van der Waals surface area contributed by atoms with E-state index < -0.39 is 0 Å². The first kappa shape index (κ1) is 21.2. The van der Waals surface area contributed by atoms with Gasteiger partial charge in [-0.25, -0.2) is 0 Å². The van der Waals surface area contributed by atoms with Gasteiger partial charge in [-0.1, -0.05) is 57.4 Å². The molecule has 0 saturated heterocycles. The van der Waals surface area contributed by atoms with E-state index in [1.165, 1.54) is 28.8 Å². The summed E-state index contributed by atoms with van der Waals surface area (Å²) in [5.41, 5.74) is 2.62. The van der Waals surface area contributed by atoms with Crippen LogP contribution in [0.15, 0.2) is 36.4 Å². The standard InChI is InChI=1S/C23H30Cl2OS/c1-3-5-6-7-19(26)20-12-13-21(27-20)23-18(25)14-17(24)22(23)16-10-8-15(4-2)9-11-16/h8-13,17-19,22-23,26H,3-7,14H2,1-2H3. The Morgan fingerprint density at radius 2 is 1.70 bits per heavy atom. The molecular formula is C23H30Cl2OS. The van der Waals surface area contributed by atoms with Crippen LogP contribution in [-0.2, 0) is 6.42 Å². The lowest BCUT2D eigenvalue weighted by molar-refractivity contribution is 0.167. The molecule has 1 saturated carbocycles. The third-order valence-electron chi connectivity index (χ3n) is 5.78. The van der Waals surface area contributed by atoms with Crippen molar-refractivity contribution in [3.63, 3.8) is 0 Å². The molecule has 1 heterocycles. The Balaban J connectivity index is 1.80. The minimum Gasteiger partial charge on any atom is -0.388 e. The number of halogens is 2. The Labute approximate surface area is 177 Å². The third kappa shape index (κ3) is 4.90. The van der Waals surface area contributed by atoms with Crippen LogP contribution in [0.25, 0.3) is 0 Å². The van der Waals surface area contributed by atoms with Crippen molar-refractivity contribution in [2.24, 2.45) is 0 Å². The summed E-state index contributed by atoms with van der Waals surface area (Å²) in [6.07, 6.45) is 5.76. The van der Waals surface area contributed by atoms with Crippen LogP contribution in [0.3, 0.4) is 0 Å². The van der Waals surface area contributed by atoms with Gasteiger partial charge >= 0.3 is 0 Å². The normalized spacial score (nSPS) is 26.4. The van der Waals surface area contributed by atoms with Crippen molar-refractivity contribution in [3.8, 4) is 0 Å². The van der Waals surface area contributed by atoms with Gasteiger partial charge in [0.05, 0.1) is 6.10 Å². The number of rotatable bonds is 8. The molecule has 1 aliphatic rings. The molecule has 0 bridgehead atoms. The van der Waals surface area contributed by atoms with Gasteiger partial charge in [0, 0.05) is 32.3 Å². The summed E-state index contributed by atoms with van der Waals surface area (Å²) < 4.78 is 0. The Hall–Kier alpha value is -0.540. The van der Waals surface area contributed by atoms with Crippen molar-refractivity contribution in [1.29, 1.82) is 0 Å². The summed E-state index contributed by atoms with van der Waals surface area (Å²) >= 11 is 15.2. The number of aliphatic hydroxyl groups excluding tert-OH is 1. The van der Waals surface area contributed by atoms with Gasteiger partial charge in [-0.2, -0.15) is 0 Å². The van der Waals surface area contributed by atoms with E-state index in [4.69, 9.17) is 23.2 Å². The number of alkyl halides is 2. The average Bonchev–Trinajstić information content (AvgIpc) is 3.26. The number of hydrogen-bond donors (Lipinski definition) is 1. The Bertz CT molecular complexity index is 711. The number of hydrogen-bond acceptors (Lipinski definition) is 2. The van der Waals surface area contributed by atoms with E-state index in [-0.39, 0.29) is 28.7 Å². The molecule has 5 unspecified atom stereocenters. The lowest BCUT2D eigenvalue weighted by Gasteiger charge is -2.23. The first-order valence-electron chi connectivity index (χ1n) is 10.2. The number of unbranched alkanes of at least 4 members (excludes halogenated alkanes) is 2. The van der Waals surface area contributed by atoms with Crippen molar-refractivity contribution in [2.45, 2.75) is 81.1 Å². The summed E-state index contributed by atoms with van der Waals surface area (Å²) in [7, 11) is 0. The Morgan fingerprint density at radius 3 is 2.37 bits per heavy atom. The lowest BCUT2D eigenvalue weighted by atomic mass is 9.87. The molecule has 1 aromatic carbocycles. The molecule has 148 valence electrons. The van der Waals surface area contributed by atoms with Crippen LogP contribution in [0.2, 0.25) is 0 Å². The molecule has 3 rings (SSSR count). The fourth-order valence-electron chi connectivity index (χ4n) is 4.16. The van der Waals surface area contributed by atoms with Crippen LogP contribution in [-0.4, -0.2) is 15.9 Å². The second-order valence-corrected chi connectivity index (χ2v) is 9.93. The molecule has 1 N–H and O–H groups in total. The van der Waals surface area contributed by atoms with Gasteiger partial charge in [0.1, 0.15) is 0 Å². The van der Waals surface area contributed by atoms with Gasteiger partial charge in [0.15, 0.2) is 0 Å². The third-order valence-corrected chi connectivity index (χ3v) is 7.96. The molecule has 5 atom stereocenters. The minimum atomic E-state index is -0.362. The highest BCUT2D eigenvalue weighted by molar-refractivity contribution is 7.12. The van der Waals surface area contributed by atoms with Crippen LogP contribution >= 0.6 is 34.5 Å². The summed E-state index contributed by atoms with van der Waals surface area (Å²) in [6.45, 7) is 4.36. The first-order chi connectivity index (χ1) is 13.0. The van der Waals surface area contributed by atoms with Crippen LogP contribution in [0.5, 0.6) is 0 Å². The van der Waals surface area contributed by atoms with E-state index >= 15 is 0 Å². The molecule has 4 heteroatoms. The average molecular weight is 425 g/mol. The predicted molar refractivity (Wildman–Crippen MR) is 119 cm³/mol. The molecular weight excluding hydrogens is 395 g/mol. The van der Waals surface area contributed by atoms with Gasteiger partial charge in [-0.05, 0) is 42.5 Å². The van der Waals surface area contributed by atoms with Gasteiger partial charge < -0.3 is 5.11 Å². The highest BCUT2D eigenvalue weighted by Gasteiger charge is 2.44. The SMILES string of the molecule is CCCCCC(O)c1ccc(C2C(Cl)CC(Cl)C2c2ccc(CC)cc2)s1. The zero-order chi connectivity index (χ0) is 19.4. The molecule has 2 aromatic rings. The van der Waals surface area contributed by atoms with Crippen molar-refractivity contribution in [1.82, 2.24) is 0 Å². The fraction of sp³-hybridized carbons (Fsp3) is 0.565. The van der Waals surface area contributed by atoms with E-state index in [1.54, 1.807) is 11.3 Å². The first-order valence-corrected chi connectivity index (χ1v) is 11.9. The smallest absolute Gasteiger partial charge is 0.0882 e.